The molecule has 0 fully saturated rings. The molecule has 5 heteroatoms. The Morgan fingerprint density at radius 3 is 2.24 bits per heavy atom. The van der Waals surface area contributed by atoms with Crippen molar-refractivity contribution in [2.24, 2.45) is 5.73 Å². The number of nitrogens with two attached hydrogens (primary N) is 1. The molecule has 1 unspecified atom stereocenters. The third kappa shape index (κ3) is 5.43. The van der Waals surface area contributed by atoms with Gasteiger partial charge >= 0.3 is 6.09 Å². The monoisotopic (exact) mass is 453 g/mol. The van der Waals surface area contributed by atoms with Gasteiger partial charge in [-0.3, -0.25) is 5.32 Å². The lowest BCUT2D eigenvalue weighted by Crippen LogP contribution is -2.20. The van der Waals surface area contributed by atoms with Crippen LogP contribution in [-0.4, -0.2) is 18.9 Å². The standard InChI is InChI=1S/C11H11NO2.C9H11N.C9H9N/c1-14-11(13)12-10-7-6-8-4-2-3-5-9(8)10;2*10-9-6-5-7-3-1-2-4-8(7)9/h2-5,7H,6H2,1H3,(H,12,13);1-4,9H,5-6,10H2;1-4,10H,5-6H2. The number of hydrogen-bond acceptors (Lipinski definition) is 4. The van der Waals surface area contributed by atoms with Crippen LogP contribution in [-0.2, 0) is 24.0 Å². The number of carbonyl (C=O) groups is 1. The summed E-state index contributed by atoms with van der Waals surface area (Å²) in [5.74, 6) is 0. The molecule has 5 nitrogen and oxygen atoms in total. The molecular formula is C29H31N3O2. The topological polar surface area (TPSA) is 88.2 Å². The van der Waals surface area contributed by atoms with Crippen LogP contribution in [0.5, 0.6) is 0 Å². The molecule has 0 bridgehead atoms. The SMILES string of the molecule is COC(=O)NC1=CCc2ccccc21.N=C1CCc2ccccc21.NC1CCc2ccccc21. The van der Waals surface area contributed by atoms with E-state index in [9.17, 15) is 4.79 Å². The Kier molecular flexibility index (Phi) is 7.55. The maximum absolute atomic E-state index is 11.0. The normalized spacial score (nSPS) is 16.6. The number of carbonyl (C=O) groups excluding carboxylic acids is 1. The van der Waals surface area contributed by atoms with E-state index in [2.05, 4.69) is 46.5 Å². The summed E-state index contributed by atoms with van der Waals surface area (Å²) in [5.41, 5.74) is 15.1. The van der Waals surface area contributed by atoms with E-state index in [4.69, 9.17) is 11.1 Å². The van der Waals surface area contributed by atoms with Crippen LogP contribution in [0.3, 0.4) is 0 Å². The van der Waals surface area contributed by atoms with Gasteiger partial charge < -0.3 is 15.9 Å². The Bertz CT molecular complexity index is 1220. The van der Waals surface area contributed by atoms with Gasteiger partial charge in [-0.15, -0.1) is 0 Å². The van der Waals surface area contributed by atoms with Crippen molar-refractivity contribution in [3.8, 4) is 0 Å². The van der Waals surface area contributed by atoms with Crippen molar-refractivity contribution in [3.05, 3.63) is 112 Å². The fraction of sp³-hybridized carbons (Fsp3) is 0.241. The summed E-state index contributed by atoms with van der Waals surface area (Å²) in [6, 6.07) is 24.9. The lowest BCUT2D eigenvalue weighted by molar-refractivity contribution is 0.176. The highest BCUT2D eigenvalue weighted by molar-refractivity contribution is 6.02. The molecule has 0 saturated heterocycles. The second kappa shape index (κ2) is 10.9. The van der Waals surface area contributed by atoms with Crippen LogP contribution in [0.4, 0.5) is 4.79 Å². The smallest absolute Gasteiger partial charge is 0.411 e. The van der Waals surface area contributed by atoms with Gasteiger partial charge in [-0.2, -0.15) is 0 Å². The molecule has 1 amide bonds. The summed E-state index contributed by atoms with van der Waals surface area (Å²) >= 11 is 0. The second-order valence-electron chi connectivity index (χ2n) is 8.58. The van der Waals surface area contributed by atoms with Crippen molar-refractivity contribution in [1.29, 1.82) is 5.41 Å². The largest absolute Gasteiger partial charge is 0.453 e. The quantitative estimate of drug-likeness (QED) is 0.450. The van der Waals surface area contributed by atoms with E-state index >= 15 is 0 Å². The Balaban J connectivity index is 0.000000123. The van der Waals surface area contributed by atoms with Gasteiger partial charge in [-0.25, -0.2) is 4.79 Å². The predicted octanol–water partition coefficient (Wildman–Crippen LogP) is 5.57. The number of hydrogen-bond donors (Lipinski definition) is 3. The fourth-order valence-corrected chi connectivity index (χ4v) is 4.58. The number of benzene rings is 3. The molecule has 0 aliphatic heterocycles. The Morgan fingerprint density at radius 2 is 1.53 bits per heavy atom. The number of fused-ring (bicyclic) bond motifs is 3. The molecule has 0 aromatic heterocycles. The average Bonchev–Trinajstić information content (AvgIpc) is 3.58. The van der Waals surface area contributed by atoms with E-state index in [0.717, 1.165) is 54.6 Å². The van der Waals surface area contributed by atoms with E-state index < -0.39 is 6.09 Å². The van der Waals surface area contributed by atoms with Gasteiger partial charge in [0.2, 0.25) is 0 Å². The van der Waals surface area contributed by atoms with Gasteiger partial charge in [-0.1, -0.05) is 78.9 Å². The first-order valence-corrected chi connectivity index (χ1v) is 11.7. The minimum Gasteiger partial charge on any atom is -0.453 e. The van der Waals surface area contributed by atoms with Crippen LogP contribution in [0.2, 0.25) is 0 Å². The molecule has 0 saturated carbocycles. The Morgan fingerprint density at radius 1 is 0.882 bits per heavy atom. The summed E-state index contributed by atoms with van der Waals surface area (Å²) < 4.78 is 4.54. The van der Waals surface area contributed by atoms with Gasteiger partial charge in [0.05, 0.1) is 7.11 Å². The number of nitrogens with one attached hydrogen (secondary N) is 2. The van der Waals surface area contributed by atoms with Crippen molar-refractivity contribution in [2.45, 2.75) is 38.1 Å². The summed E-state index contributed by atoms with van der Waals surface area (Å²) in [7, 11) is 1.36. The van der Waals surface area contributed by atoms with Gasteiger partial charge in [0.25, 0.3) is 0 Å². The molecule has 34 heavy (non-hydrogen) atoms. The van der Waals surface area contributed by atoms with E-state index in [1.54, 1.807) is 0 Å². The maximum Gasteiger partial charge on any atom is 0.411 e. The van der Waals surface area contributed by atoms with Gasteiger partial charge in [0, 0.05) is 23.0 Å². The molecule has 0 spiro atoms. The molecule has 0 heterocycles. The summed E-state index contributed by atoms with van der Waals surface area (Å²) in [6.45, 7) is 0. The molecule has 6 rings (SSSR count). The zero-order valence-corrected chi connectivity index (χ0v) is 19.5. The minimum atomic E-state index is -0.423. The first-order valence-electron chi connectivity index (χ1n) is 11.7. The molecule has 1 atom stereocenters. The van der Waals surface area contributed by atoms with E-state index in [1.807, 2.05) is 42.5 Å². The lowest BCUT2D eigenvalue weighted by atomic mass is 10.1. The maximum atomic E-state index is 11.0. The van der Waals surface area contributed by atoms with Crippen molar-refractivity contribution in [1.82, 2.24) is 5.32 Å². The lowest BCUT2D eigenvalue weighted by Gasteiger charge is -2.06. The Hall–Kier alpha value is -3.70. The number of allylic oxidation sites excluding steroid dienone is 1. The molecular weight excluding hydrogens is 422 g/mol. The molecule has 3 aliphatic rings. The van der Waals surface area contributed by atoms with Crippen molar-refractivity contribution < 1.29 is 9.53 Å². The van der Waals surface area contributed by atoms with Gasteiger partial charge in [0.1, 0.15) is 0 Å². The highest BCUT2D eigenvalue weighted by atomic mass is 16.5. The number of aryl methyl sites for hydroxylation is 2. The van der Waals surface area contributed by atoms with Crippen molar-refractivity contribution in [3.63, 3.8) is 0 Å². The number of alkyl carbamates (subject to hydrolysis) is 1. The third-order valence-electron chi connectivity index (χ3n) is 6.42. The first kappa shape index (κ1) is 23.5. The number of rotatable bonds is 1. The van der Waals surface area contributed by atoms with Crippen LogP contribution in [0.15, 0.2) is 78.9 Å². The molecule has 174 valence electrons. The van der Waals surface area contributed by atoms with Crippen molar-refractivity contribution in [2.75, 3.05) is 7.11 Å². The second-order valence-corrected chi connectivity index (χ2v) is 8.58. The molecule has 3 aliphatic carbocycles. The molecule has 3 aromatic carbocycles. The fourth-order valence-electron chi connectivity index (χ4n) is 4.58. The molecule has 0 radical (unpaired) electrons. The van der Waals surface area contributed by atoms with Gasteiger partial charge in [0.15, 0.2) is 0 Å². The average molecular weight is 454 g/mol. The summed E-state index contributed by atoms with van der Waals surface area (Å²) in [4.78, 5) is 11.0. The van der Waals surface area contributed by atoms with Gasteiger partial charge in [-0.05, 0) is 59.9 Å². The molecule has 4 N–H and O–H groups in total. The van der Waals surface area contributed by atoms with E-state index in [1.165, 1.54) is 29.4 Å². The predicted molar refractivity (Wildman–Crippen MR) is 137 cm³/mol. The minimum absolute atomic E-state index is 0.302. The number of methoxy groups -OCH3 is 1. The summed E-state index contributed by atoms with van der Waals surface area (Å²) in [5, 5.41) is 10.2. The third-order valence-corrected chi connectivity index (χ3v) is 6.42. The van der Waals surface area contributed by atoms with Crippen LogP contribution < -0.4 is 11.1 Å². The van der Waals surface area contributed by atoms with E-state index in [-0.39, 0.29) is 0 Å². The highest BCUT2D eigenvalue weighted by Crippen LogP contribution is 2.28. The van der Waals surface area contributed by atoms with Crippen LogP contribution in [0.25, 0.3) is 5.70 Å². The van der Waals surface area contributed by atoms with Crippen LogP contribution in [0.1, 0.15) is 52.3 Å². The zero-order valence-electron chi connectivity index (χ0n) is 19.5. The number of amides is 1. The van der Waals surface area contributed by atoms with Crippen LogP contribution in [0, 0.1) is 5.41 Å². The zero-order chi connectivity index (χ0) is 23.9. The first-order chi connectivity index (χ1) is 16.6. The Labute approximate surface area is 201 Å². The number of ether oxygens (including phenoxy) is 1. The highest BCUT2D eigenvalue weighted by Gasteiger charge is 2.17. The molecule has 3 aromatic rings. The summed E-state index contributed by atoms with van der Waals surface area (Å²) in [6.07, 6.45) is 6.72. The van der Waals surface area contributed by atoms with E-state index in [0.29, 0.717) is 6.04 Å². The van der Waals surface area contributed by atoms with Crippen LogP contribution >= 0.6 is 0 Å². The van der Waals surface area contributed by atoms with Crippen molar-refractivity contribution >= 4 is 17.5 Å².